The Morgan fingerprint density at radius 1 is 0.900 bits per heavy atom. The SMILES string of the molecule is CN(C1CC1)C(c1ccccc1)C(N)c1ccccc1. The van der Waals surface area contributed by atoms with E-state index in [2.05, 4.69) is 66.5 Å². The molecule has 2 aromatic carbocycles. The predicted octanol–water partition coefficient (Wildman–Crippen LogP) is 3.52. The minimum Gasteiger partial charge on any atom is -0.322 e. The van der Waals surface area contributed by atoms with Crippen LogP contribution in [0.2, 0.25) is 0 Å². The van der Waals surface area contributed by atoms with Crippen molar-refractivity contribution < 1.29 is 0 Å². The van der Waals surface area contributed by atoms with Crippen molar-refractivity contribution in [1.29, 1.82) is 0 Å². The topological polar surface area (TPSA) is 29.3 Å². The van der Waals surface area contributed by atoms with Gasteiger partial charge in [-0.1, -0.05) is 60.7 Å². The molecule has 104 valence electrons. The van der Waals surface area contributed by atoms with Crippen LogP contribution in [0.1, 0.15) is 36.1 Å². The monoisotopic (exact) mass is 266 g/mol. The van der Waals surface area contributed by atoms with Crippen LogP contribution in [0.15, 0.2) is 60.7 Å². The standard InChI is InChI=1S/C18H22N2/c1-20(16-12-13-16)18(15-10-6-3-7-11-15)17(19)14-8-4-2-5-9-14/h2-11,16-18H,12-13,19H2,1H3. The van der Waals surface area contributed by atoms with Gasteiger partial charge in [0.05, 0.1) is 6.04 Å². The van der Waals surface area contributed by atoms with Crippen LogP contribution in [0.4, 0.5) is 0 Å². The first-order chi connectivity index (χ1) is 9.77. The van der Waals surface area contributed by atoms with E-state index in [1.165, 1.54) is 24.0 Å². The van der Waals surface area contributed by atoms with Gasteiger partial charge in [-0.25, -0.2) is 0 Å². The molecule has 0 bridgehead atoms. The van der Waals surface area contributed by atoms with E-state index in [1.54, 1.807) is 0 Å². The van der Waals surface area contributed by atoms with Crippen LogP contribution in [-0.4, -0.2) is 18.0 Å². The molecule has 20 heavy (non-hydrogen) atoms. The molecule has 1 saturated carbocycles. The van der Waals surface area contributed by atoms with Crippen LogP contribution in [-0.2, 0) is 0 Å². The Kier molecular flexibility index (Phi) is 3.86. The van der Waals surface area contributed by atoms with Gasteiger partial charge in [0.1, 0.15) is 0 Å². The molecule has 2 nitrogen and oxygen atoms in total. The lowest BCUT2D eigenvalue weighted by molar-refractivity contribution is 0.203. The summed E-state index contributed by atoms with van der Waals surface area (Å²) in [6.07, 6.45) is 2.59. The molecular formula is C18H22N2. The second-order valence-corrected chi connectivity index (χ2v) is 5.69. The number of benzene rings is 2. The first-order valence-corrected chi connectivity index (χ1v) is 7.35. The zero-order valence-corrected chi connectivity index (χ0v) is 11.9. The summed E-state index contributed by atoms with van der Waals surface area (Å²) in [4.78, 5) is 2.45. The second kappa shape index (κ2) is 5.78. The predicted molar refractivity (Wildman–Crippen MR) is 83.3 cm³/mol. The van der Waals surface area contributed by atoms with Gasteiger partial charge in [-0.05, 0) is 31.0 Å². The Morgan fingerprint density at radius 3 is 1.90 bits per heavy atom. The minimum absolute atomic E-state index is 0.00389. The van der Waals surface area contributed by atoms with Gasteiger partial charge in [-0.15, -0.1) is 0 Å². The van der Waals surface area contributed by atoms with Crippen molar-refractivity contribution in [1.82, 2.24) is 4.90 Å². The number of nitrogens with zero attached hydrogens (tertiary/aromatic N) is 1. The molecule has 2 N–H and O–H groups in total. The summed E-state index contributed by atoms with van der Waals surface area (Å²) in [6, 6.07) is 22.0. The highest BCUT2D eigenvalue weighted by atomic mass is 15.2. The molecular weight excluding hydrogens is 244 g/mol. The number of likely N-dealkylation sites (N-methyl/N-ethyl adjacent to an activating group) is 1. The molecule has 2 heteroatoms. The molecule has 2 atom stereocenters. The molecule has 1 aliphatic rings. The van der Waals surface area contributed by atoms with E-state index in [0.717, 1.165) is 0 Å². The number of nitrogens with two attached hydrogens (primary N) is 1. The van der Waals surface area contributed by atoms with Crippen LogP contribution >= 0.6 is 0 Å². The molecule has 2 unspecified atom stereocenters. The summed E-state index contributed by atoms with van der Waals surface area (Å²) in [6.45, 7) is 0. The lowest BCUT2D eigenvalue weighted by Crippen LogP contribution is -2.35. The highest BCUT2D eigenvalue weighted by molar-refractivity contribution is 5.27. The summed E-state index contributed by atoms with van der Waals surface area (Å²) in [5.41, 5.74) is 9.10. The van der Waals surface area contributed by atoms with Crippen LogP contribution in [0, 0.1) is 0 Å². The van der Waals surface area contributed by atoms with Crippen molar-refractivity contribution >= 4 is 0 Å². The van der Waals surface area contributed by atoms with E-state index >= 15 is 0 Å². The molecule has 0 aromatic heterocycles. The third-order valence-corrected chi connectivity index (χ3v) is 4.23. The number of hydrogen-bond acceptors (Lipinski definition) is 2. The fraction of sp³-hybridized carbons (Fsp3) is 0.333. The summed E-state index contributed by atoms with van der Waals surface area (Å²) < 4.78 is 0. The maximum Gasteiger partial charge on any atom is 0.0541 e. The summed E-state index contributed by atoms with van der Waals surface area (Å²) in [7, 11) is 2.21. The van der Waals surface area contributed by atoms with Crippen LogP contribution in [0.5, 0.6) is 0 Å². The van der Waals surface area contributed by atoms with Gasteiger partial charge in [0.25, 0.3) is 0 Å². The fourth-order valence-electron chi connectivity index (χ4n) is 2.91. The van der Waals surface area contributed by atoms with Crippen molar-refractivity contribution in [3.63, 3.8) is 0 Å². The quantitative estimate of drug-likeness (QED) is 0.897. The average Bonchev–Trinajstić information content (AvgIpc) is 3.34. The number of hydrogen-bond donors (Lipinski definition) is 1. The lowest BCUT2D eigenvalue weighted by atomic mass is 9.93. The average molecular weight is 266 g/mol. The van der Waals surface area contributed by atoms with Gasteiger partial charge < -0.3 is 5.73 Å². The van der Waals surface area contributed by atoms with Crippen molar-refractivity contribution in [2.24, 2.45) is 5.73 Å². The summed E-state index contributed by atoms with van der Waals surface area (Å²) in [5.74, 6) is 0. The highest BCUT2D eigenvalue weighted by Gasteiger charge is 2.35. The Bertz CT molecular complexity index is 534. The summed E-state index contributed by atoms with van der Waals surface area (Å²) >= 11 is 0. The highest BCUT2D eigenvalue weighted by Crippen LogP contribution is 2.38. The molecule has 0 saturated heterocycles. The molecule has 0 aliphatic heterocycles. The van der Waals surface area contributed by atoms with Crippen LogP contribution in [0.25, 0.3) is 0 Å². The smallest absolute Gasteiger partial charge is 0.0541 e. The minimum atomic E-state index is 0.00389. The van der Waals surface area contributed by atoms with E-state index < -0.39 is 0 Å². The molecule has 1 fully saturated rings. The molecule has 0 spiro atoms. The second-order valence-electron chi connectivity index (χ2n) is 5.69. The Hall–Kier alpha value is -1.64. The molecule has 0 heterocycles. The van der Waals surface area contributed by atoms with E-state index in [1.807, 2.05) is 6.07 Å². The van der Waals surface area contributed by atoms with Gasteiger partial charge >= 0.3 is 0 Å². The molecule has 0 radical (unpaired) electrons. The van der Waals surface area contributed by atoms with Gasteiger partial charge in [-0.2, -0.15) is 0 Å². The van der Waals surface area contributed by atoms with E-state index in [0.29, 0.717) is 6.04 Å². The van der Waals surface area contributed by atoms with E-state index in [4.69, 9.17) is 5.73 Å². The Morgan fingerprint density at radius 2 is 1.40 bits per heavy atom. The Balaban J connectivity index is 1.93. The zero-order chi connectivity index (χ0) is 13.9. The van der Waals surface area contributed by atoms with Crippen molar-refractivity contribution in [2.45, 2.75) is 31.0 Å². The first kappa shape index (κ1) is 13.3. The molecule has 2 aromatic rings. The first-order valence-electron chi connectivity index (χ1n) is 7.35. The van der Waals surface area contributed by atoms with E-state index in [9.17, 15) is 0 Å². The fourth-order valence-corrected chi connectivity index (χ4v) is 2.91. The third-order valence-electron chi connectivity index (χ3n) is 4.23. The normalized spacial score (nSPS) is 17.9. The van der Waals surface area contributed by atoms with Gasteiger partial charge in [0, 0.05) is 12.1 Å². The van der Waals surface area contributed by atoms with Gasteiger partial charge in [0.15, 0.2) is 0 Å². The van der Waals surface area contributed by atoms with Gasteiger partial charge in [-0.3, -0.25) is 4.90 Å². The van der Waals surface area contributed by atoms with Crippen LogP contribution in [0.3, 0.4) is 0 Å². The third kappa shape index (κ3) is 2.77. The maximum absolute atomic E-state index is 6.60. The molecule has 1 aliphatic carbocycles. The molecule has 0 amide bonds. The lowest BCUT2D eigenvalue weighted by Gasteiger charge is -2.33. The summed E-state index contributed by atoms with van der Waals surface area (Å²) in [5, 5.41) is 0. The van der Waals surface area contributed by atoms with Crippen LogP contribution < -0.4 is 5.73 Å². The van der Waals surface area contributed by atoms with Crippen molar-refractivity contribution in [3.05, 3.63) is 71.8 Å². The van der Waals surface area contributed by atoms with Gasteiger partial charge in [0.2, 0.25) is 0 Å². The molecule has 3 rings (SSSR count). The largest absolute Gasteiger partial charge is 0.322 e. The zero-order valence-electron chi connectivity index (χ0n) is 11.9. The maximum atomic E-state index is 6.60. The number of rotatable bonds is 5. The van der Waals surface area contributed by atoms with Crippen molar-refractivity contribution in [2.75, 3.05) is 7.05 Å². The Labute approximate surface area is 121 Å². The van der Waals surface area contributed by atoms with E-state index in [-0.39, 0.29) is 12.1 Å². The van der Waals surface area contributed by atoms with Crippen molar-refractivity contribution in [3.8, 4) is 0 Å².